The van der Waals surface area contributed by atoms with Crippen LogP contribution in [-0.4, -0.2) is 104 Å². The first-order valence-corrected chi connectivity index (χ1v) is 42.4. The molecule has 0 bridgehead atoms. The third-order valence-electron chi connectivity index (χ3n) is 16.1. The number of hydrogen-bond acceptors (Lipinski definition) is 15. The van der Waals surface area contributed by atoms with Crippen LogP contribution >= 0.6 is 15.6 Å². The lowest BCUT2D eigenvalue weighted by Gasteiger charge is -2.21. The number of ether oxygens (including phenoxy) is 4. The number of unbranched alkanes of at least 4 members (excludes halogenated alkanes) is 26. The van der Waals surface area contributed by atoms with Crippen LogP contribution in [0.3, 0.4) is 0 Å². The first kappa shape index (κ1) is 97.4. The molecule has 19 heteroatoms. The van der Waals surface area contributed by atoms with Gasteiger partial charge in [0.1, 0.15) is 25.1 Å². The van der Waals surface area contributed by atoms with Crippen molar-refractivity contribution < 1.29 is 80.2 Å². The largest absolute Gasteiger partial charge is 0.472 e. The Bertz CT molecular complexity index is 2420. The summed E-state index contributed by atoms with van der Waals surface area (Å²) in [4.78, 5) is 70.6. The second-order valence-corrected chi connectivity index (χ2v) is 28.8. The van der Waals surface area contributed by atoms with Crippen LogP contribution in [0.5, 0.6) is 0 Å². The van der Waals surface area contributed by atoms with Gasteiger partial charge in [0.25, 0.3) is 0 Å². The number of phosphoric acid groups is 2. The topological polar surface area (TPSA) is 237 Å². The Labute approximate surface area is 618 Å². The Hall–Kier alpha value is -4.64. The zero-order valence-electron chi connectivity index (χ0n) is 63.5. The summed E-state index contributed by atoms with van der Waals surface area (Å²) < 4.78 is 69.1. The van der Waals surface area contributed by atoms with E-state index in [1.165, 1.54) is 57.8 Å². The monoisotopic (exact) mass is 1470 g/mol. The number of aliphatic hydroxyl groups is 1. The first-order chi connectivity index (χ1) is 49.8. The molecule has 0 amide bonds. The summed E-state index contributed by atoms with van der Waals surface area (Å²) in [6.07, 6.45) is 85.0. The second-order valence-electron chi connectivity index (χ2n) is 25.9. The van der Waals surface area contributed by atoms with Crippen LogP contribution in [0, 0.1) is 0 Å². The van der Waals surface area contributed by atoms with E-state index in [4.69, 9.17) is 37.0 Å². The minimum atomic E-state index is -4.97. The van der Waals surface area contributed by atoms with Gasteiger partial charge in [0, 0.05) is 32.3 Å². The average molecular weight is 1470 g/mol. The van der Waals surface area contributed by atoms with Crippen LogP contribution in [0.4, 0.5) is 0 Å². The Balaban J connectivity index is 5.41. The Morgan fingerprint density at radius 2 is 0.588 bits per heavy atom. The van der Waals surface area contributed by atoms with Gasteiger partial charge in [0.05, 0.1) is 33.0 Å². The molecule has 0 aromatic carbocycles. The number of carbonyl (C=O) groups is 4. The lowest BCUT2D eigenvalue weighted by atomic mass is 10.1. The van der Waals surface area contributed by atoms with E-state index in [1.807, 2.05) is 24.3 Å². The molecule has 0 saturated carbocycles. The number of allylic oxidation sites excluding steroid dienone is 22. The number of rotatable bonds is 75. The van der Waals surface area contributed by atoms with Crippen molar-refractivity contribution in [1.82, 2.24) is 0 Å². The van der Waals surface area contributed by atoms with Gasteiger partial charge in [-0.25, -0.2) is 9.13 Å². The van der Waals surface area contributed by atoms with E-state index in [9.17, 15) is 43.2 Å². The van der Waals surface area contributed by atoms with Crippen molar-refractivity contribution in [2.24, 2.45) is 0 Å². The predicted octanol–water partition coefficient (Wildman–Crippen LogP) is 22.5. The molecule has 0 saturated heterocycles. The maximum atomic E-state index is 13.1. The summed E-state index contributed by atoms with van der Waals surface area (Å²) in [5.74, 6) is -1.69. The maximum absolute atomic E-state index is 13.1. The second kappa shape index (κ2) is 76.0. The highest BCUT2D eigenvalue weighted by Gasteiger charge is 2.30. The molecule has 17 nitrogen and oxygen atoms in total. The molecule has 0 aliphatic carbocycles. The highest BCUT2D eigenvalue weighted by Crippen LogP contribution is 2.45. The van der Waals surface area contributed by atoms with Gasteiger partial charge in [-0.3, -0.25) is 32.5 Å². The van der Waals surface area contributed by atoms with E-state index >= 15 is 0 Å². The van der Waals surface area contributed by atoms with E-state index in [1.54, 1.807) is 0 Å². The molecule has 2 unspecified atom stereocenters. The Morgan fingerprint density at radius 1 is 0.314 bits per heavy atom. The van der Waals surface area contributed by atoms with Crippen LogP contribution in [0.2, 0.25) is 0 Å². The fourth-order valence-electron chi connectivity index (χ4n) is 10.0. The number of carbonyl (C=O) groups excluding carboxylic acids is 4. The van der Waals surface area contributed by atoms with Crippen molar-refractivity contribution in [3.8, 4) is 0 Å². The zero-order valence-corrected chi connectivity index (χ0v) is 65.3. The summed E-state index contributed by atoms with van der Waals surface area (Å²) in [5.41, 5.74) is 0. The summed E-state index contributed by atoms with van der Waals surface area (Å²) in [6.45, 7) is 3.39. The molecule has 0 radical (unpaired) electrons. The van der Waals surface area contributed by atoms with Crippen LogP contribution < -0.4 is 0 Å². The fraction of sp³-hybridized carbons (Fsp3) is 0.687. The van der Waals surface area contributed by atoms with Crippen LogP contribution in [0.15, 0.2) is 134 Å². The fourth-order valence-corrected chi connectivity index (χ4v) is 11.6. The lowest BCUT2D eigenvalue weighted by molar-refractivity contribution is -0.161. The van der Waals surface area contributed by atoms with Gasteiger partial charge < -0.3 is 38.6 Å². The molecule has 0 fully saturated rings. The summed E-state index contributed by atoms with van der Waals surface area (Å²) >= 11 is 0. The highest BCUT2D eigenvalue weighted by atomic mass is 31.2. The normalized spacial score (nSPS) is 14.6. The third-order valence-corrected chi connectivity index (χ3v) is 18.0. The number of hydrogen-bond donors (Lipinski definition) is 3. The standard InChI is InChI=1S/C83H140O17P2/c1-4-7-10-13-16-19-22-25-28-30-33-37-42-47-52-57-62-67-81(86)94-75-80(100-83(88)69-64-59-54-49-43-38-32-27-24-21-18-15-12-9-6-3)77-98-102(91,92)96-73-78(85)72-95-101(89,90)97-76-79(74-93-71-66-61-56-51-46-41-36-35-40-45-50-55-60-65-70-84)99-82(87)68-63-58-53-48-44-39-34-31-29-26-23-20-17-14-11-8-5-2/h16-21,25-29,32-37,39,47-48,52-53,70,78-80,85H,4-15,22-24,30-31,38,40-46,49-51,54-69,71-77H2,1-3H3,(H,89,90)(H,91,92)/b19-16-,20-17-,21-18-,28-25-,29-26-,32-27-,36-35-,37-33-,39-34-,52-47-,53-48-/t78-,79+,80+/m0/s1. The Morgan fingerprint density at radius 3 is 0.961 bits per heavy atom. The van der Waals surface area contributed by atoms with Crippen molar-refractivity contribution in [2.45, 2.75) is 322 Å². The molecular formula is C83H140O17P2. The third kappa shape index (κ3) is 75.1. The highest BCUT2D eigenvalue weighted by molar-refractivity contribution is 7.47. The lowest BCUT2D eigenvalue weighted by Crippen LogP contribution is -2.30. The molecule has 0 aromatic heterocycles. The van der Waals surface area contributed by atoms with Gasteiger partial charge in [0.15, 0.2) is 6.10 Å². The van der Waals surface area contributed by atoms with Gasteiger partial charge in [-0.2, -0.15) is 0 Å². The van der Waals surface area contributed by atoms with Crippen molar-refractivity contribution in [2.75, 3.05) is 46.2 Å². The molecule has 0 aliphatic heterocycles. The zero-order chi connectivity index (χ0) is 74.4. The molecule has 0 rings (SSSR count). The number of aliphatic hydroxyl groups excluding tert-OH is 1. The SMILES string of the molecule is CCCCC/C=C\C/C=C\C/C=C\C/C=C\CCCC(=O)OC[C@H](COP(=O)(O)OC[C@@H](O)COP(=O)(O)OC[C@@H](COCCCCCCC/C=C\CCCCCCC=O)OC(=O)CCC/C=C\C/C=C\C/C=C\C/C=C\CCCCC)OC(=O)CCCCCCC/C=C\C/C=C\CCCCC. The Kier molecular flexibility index (Phi) is 72.6. The van der Waals surface area contributed by atoms with Crippen molar-refractivity contribution in [3.63, 3.8) is 0 Å². The molecule has 0 aromatic rings. The molecule has 5 atom stereocenters. The van der Waals surface area contributed by atoms with Gasteiger partial charge in [-0.1, -0.05) is 244 Å². The smallest absolute Gasteiger partial charge is 0.462 e. The molecular weight excluding hydrogens is 1330 g/mol. The molecule has 0 spiro atoms. The number of aldehydes is 1. The summed E-state index contributed by atoms with van der Waals surface area (Å²) in [5, 5.41) is 10.6. The van der Waals surface area contributed by atoms with Crippen molar-refractivity contribution in [3.05, 3.63) is 134 Å². The van der Waals surface area contributed by atoms with Gasteiger partial charge in [-0.15, -0.1) is 0 Å². The summed E-state index contributed by atoms with van der Waals surface area (Å²) in [6, 6.07) is 0. The molecule has 584 valence electrons. The van der Waals surface area contributed by atoms with Gasteiger partial charge in [-0.05, 0) is 167 Å². The van der Waals surface area contributed by atoms with E-state index in [2.05, 4.69) is 130 Å². The van der Waals surface area contributed by atoms with E-state index in [-0.39, 0.29) is 25.9 Å². The first-order valence-electron chi connectivity index (χ1n) is 39.4. The minimum absolute atomic E-state index is 0.0724. The van der Waals surface area contributed by atoms with E-state index < -0.39 is 84.9 Å². The molecule has 0 heterocycles. The quantitative estimate of drug-likeness (QED) is 0.0128. The molecule has 3 N–H and O–H groups in total. The summed E-state index contributed by atoms with van der Waals surface area (Å²) in [7, 11) is -9.89. The molecule has 0 aliphatic rings. The van der Waals surface area contributed by atoms with Crippen molar-refractivity contribution >= 4 is 39.8 Å². The van der Waals surface area contributed by atoms with Crippen LogP contribution in [0.1, 0.15) is 303 Å². The van der Waals surface area contributed by atoms with E-state index in [0.717, 1.165) is 173 Å². The number of esters is 3. The van der Waals surface area contributed by atoms with Crippen LogP contribution in [0.25, 0.3) is 0 Å². The predicted molar refractivity (Wildman–Crippen MR) is 418 cm³/mol. The van der Waals surface area contributed by atoms with Crippen LogP contribution in [-0.2, 0) is 65.4 Å². The van der Waals surface area contributed by atoms with Gasteiger partial charge >= 0.3 is 33.6 Å². The van der Waals surface area contributed by atoms with Gasteiger partial charge in [0.2, 0.25) is 0 Å². The minimum Gasteiger partial charge on any atom is -0.462 e. The van der Waals surface area contributed by atoms with E-state index in [0.29, 0.717) is 45.1 Å². The average Bonchev–Trinajstić information content (AvgIpc) is 0.913. The number of phosphoric ester groups is 2. The molecule has 102 heavy (non-hydrogen) atoms. The van der Waals surface area contributed by atoms with Crippen molar-refractivity contribution in [1.29, 1.82) is 0 Å². The maximum Gasteiger partial charge on any atom is 0.472 e.